The van der Waals surface area contributed by atoms with Gasteiger partial charge in [-0.25, -0.2) is 9.97 Å². The number of rotatable bonds is 3. The molecule has 0 saturated heterocycles. The van der Waals surface area contributed by atoms with Gasteiger partial charge in [0.25, 0.3) is 0 Å². The molecule has 0 aliphatic heterocycles. The Labute approximate surface area is 90.0 Å². The smallest absolute Gasteiger partial charge is 0.134 e. The van der Waals surface area contributed by atoms with Crippen molar-refractivity contribution in [1.82, 2.24) is 9.97 Å². The number of nitrogens with zero attached hydrogens (tertiary/aromatic N) is 3. The Balaban J connectivity index is 2.86. The molecule has 1 aromatic heterocycles. The maximum Gasteiger partial charge on any atom is 0.134 e. The zero-order chi connectivity index (χ0) is 11.6. The number of aliphatic hydroxyl groups is 1. The Bertz CT molecular complexity index is 326. The maximum absolute atomic E-state index is 9.67. The van der Waals surface area contributed by atoms with Crippen LogP contribution in [0.1, 0.15) is 19.7 Å². The predicted molar refractivity (Wildman–Crippen MR) is 60.7 cm³/mol. The second-order valence-corrected chi connectivity index (χ2v) is 4.37. The molecule has 0 radical (unpaired) electrons. The van der Waals surface area contributed by atoms with E-state index in [1.54, 1.807) is 26.8 Å². The van der Waals surface area contributed by atoms with E-state index in [0.29, 0.717) is 18.2 Å². The summed E-state index contributed by atoms with van der Waals surface area (Å²) in [4.78, 5) is 10.1. The molecule has 0 spiro atoms. The van der Waals surface area contributed by atoms with Gasteiger partial charge >= 0.3 is 0 Å². The van der Waals surface area contributed by atoms with Crippen molar-refractivity contribution in [3.8, 4) is 0 Å². The molecule has 5 heteroatoms. The third kappa shape index (κ3) is 3.71. The molecular weight excluding hydrogens is 192 g/mol. The van der Waals surface area contributed by atoms with Crippen LogP contribution in [-0.4, -0.2) is 34.3 Å². The molecule has 1 aromatic rings. The van der Waals surface area contributed by atoms with Crippen LogP contribution in [0.3, 0.4) is 0 Å². The van der Waals surface area contributed by atoms with Gasteiger partial charge in [0.1, 0.15) is 17.5 Å². The third-order valence-corrected chi connectivity index (χ3v) is 1.86. The lowest BCUT2D eigenvalue weighted by atomic mass is 10.1. The monoisotopic (exact) mass is 210 g/mol. The summed E-state index contributed by atoms with van der Waals surface area (Å²) in [5.41, 5.74) is 4.86. The van der Waals surface area contributed by atoms with E-state index in [4.69, 9.17) is 5.73 Å². The largest absolute Gasteiger partial charge is 0.389 e. The van der Waals surface area contributed by atoms with Gasteiger partial charge in [-0.1, -0.05) is 0 Å². The summed E-state index contributed by atoms with van der Waals surface area (Å²) in [6, 6.07) is 1.69. The van der Waals surface area contributed by atoms with E-state index in [9.17, 15) is 5.11 Å². The van der Waals surface area contributed by atoms with Gasteiger partial charge < -0.3 is 15.7 Å². The first-order valence-corrected chi connectivity index (χ1v) is 4.82. The lowest BCUT2D eigenvalue weighted by Crippen LogP contribution is -2.36. The Morgan fingerprint density at radius 3 is 2.53 bits per heavy atom. The summed E-state index contributed by atoms with van der Waals surface area (Å²) in [6.07, 6.45) is 0. The molecule has 0 atom stereocenters. The van der Waals surface area contributed by atoms with Crippen molar-refractivity contribution < 1.29 is 5.11 Å². The fourth-order valence-electron chi connectivity index (χ4n) is 1.43. The zero-order valence-electron chi connectivity index (χ0n) is 9.65. The molecule has 84 valence electrons. The van der Waals surface area contributed by atoms with Crippen LogP contribution in [0, 0.1) is 6.92 Å². The van der Waals surface area contributed by atoms with E-state index in [-0.39, 0.29) is 0 Å². The predicted octanol–water partition coefficient (Wildman–Crippen LogP) is 0.574. The molecule has 0 amide bonds. The molecule has 0 bridgehead atoms. The fraction of sp³-hybridized carbons (Fsp3) is 0.600. The highest BCUT2D eigenvalue weighted by Crippen LogP contribution is 2.14. The van der Waals surface area contributed by atoms with Crippen molar-refractivity contribution in [1.29, 1.82) is 0 Å². The van der Waals surface area contributed by atoms with Crippen molar-refractivity contribution >= 4 is 11.6 Å². The van der Waals surface area contributed by atoms with E-state index in [1.807, 2.05) is 11.9 Å². The van der Waals surface area contributed by atoms with Gasteiger partial charge in [-0.05, 0) is 20.8 Å². The van der Waals surface area contributed by atoms with Crippen molar-refractivity contribution in [2.45, 2.75) is 26.4 Å². The summed E-state index contributed by atoms with van der Waals surface area (Å²) in [5.74, 6) is 1.80. The number of likely N-dealkylation sites (N-methyl/N-ethyl adjacent to an activating group) is 1. The van der Waals surface area contributed by atoms with Gasteiger partial charge in [-0.3, -0.25) is 0 Å². The van der Waals surface area contributed by atoms with Gasteiger partial charge in [0.2, 0.25) is 0 Å². The second-order valence-electron chi connectivity index (χ2n) is 4.37. The Hall–Kier alpha value is -1.36. The summed E-state index contributed by atoms with van der Waals surface area (Å²) in [5, 5.41) is 9.67. The van der Waals surface area contributed by atoms with Gasteiger partial charge in [-0.15, -0.1) is 0 Å². The summed E-state index contributed by atoms with van der Waals surface area (Å²) < 4.78 is 0. The Morgan fingerprint density at radius 1 is 1.47 bits per heavy atom. The average Bonchev–Trinajstić information content (AvgIpc) is 1.98. The van der Waals surface area contributed by atoms with E-state index in [1.165, 1.54) is 0 Å². The molecule has 0 aromatic carbocycles. The van der Waals surface area contributed by atoms with Crippen LogP contribution in [0.4, 0.5) is 11.6 Å². The SMILES string of the molecule is Cc1nc(N)cc(N(C)CC(C)(C)O)n1. The van der Waals surface area contributed by atoms with E-state index in [2.05, 4.69) is 9.97 Å². The van der Waals surface area contributed by atoms with Gasteiger partial charge in [0, 0.05) is 19.7 Å². The van der Waals surface area contributed by atoms with Crippen molar-refractivity contribution in [3.63, 3.8) is 0 Å². The van der Waals surface area contributed by atoms with Crippen LogP contribution in [0.5, 0.6) is 0 Å². The average molecular weight is 210 g/mol. The lowest BCUT2D eigenvalue weighted by Gasteiger charge is -2.26. The molecule has 15 heavy (non-hydrogen) atoms. The quantitative estimate of drug-likeness (QED) is 0.763. The van der Waals surface area contributed by atoms with Crippen molar-refractivity contribution in [2.75, 3.05) is 24.2 Å². The van der Waals surface area contributed by atoms with E-state index < -0.39 is 5.60 Å². The number of hydrogen-bond acceptors (Lipinski definition) is 5. The lowest BCUT2D eigenvalue weighted by molar-refractivity contribution is 0.0884. The van der Waals surface area contributed by atoms with E-state index >= 15 is 0 Å². The first-order valence-electron chi connectivity index (χ1n) is 4.82. The first kappa shape index (κ1) is 11.7. The van der Waals surface area contributed by atoms with Crippen LogP contribution in [0.15, 0.2) is 6.07 Å². The molecule has 1 rings (SSSR count). The minimum atomic E-state index is -0.762. The minimum Gasteiger partial charge on any atom is -0.389 e. The molecule has 0 aliphatic carbocycles. The molecule has 1 heterocycles. The molecule has 0 aliphatic rings. The standard InChI is InChI=1S/C10H18N4O/c1-7-12-8(11)5-9(13-7)14(4)6-10(2,3)15/h5,15H,6H2,1-4H3,(H2,11,12,13). The maximum atomic E-state index is 9.67. The van der Waals surface area contributed by atoms with Crippen molar-refractivity contribution in [2.24, 2.45) is 0 Å². The highest BCUT2D eigenvalue weighted by Gasteiger charge is 2.17. The molecule has 0 saturated carbocycles. The van der Waals surface area contributed by atoms with Gasteiger partial charge in [-0.2, -0.15) is 0 Å². The minimum absolute atomic E-state index is 0.445. The van der Waals surface area contributed by atoms with Crippen LogP contribution in [-0.2, 0) is 0 Å². The van der Waals surface area contributed by atoms with Crippen LogP contribution in [0.25, 0.3) is 0 Å². The Morgan fingerprint density at radius 2 is 2.07 bits per heavy atom. The zero-order valence-corrected chi connectivity index (χ0v) is 9.65. The molecular formula is C10H18N4O. The molecule has 0 fully saturated rings. The van der Waals surface area contributed by atoms with Gasteiger partial charge in [0.15, 0.2) is 0 Å². The number of aryl methyl sites for hydroxylation is 1. The fourth-order valence-corrected chi connectivity index (χ4v) is 1.43. The topological polar surface area (TPSA) is 75.3 Å². The first-order chi connectivity index (χ1) is 6.78. The summed E-state index contributed by atoms with van der Waals surface area (Å²) in [6.45, 7) is 5.78. The number of nitrogens with two attached hydrogens (primary N) is 1. The summed E-state index contributed by atoms with van der Waals surface area (Å²) >= 11 is 0. The number of aromatic nitrogens is 2. The van der Waals surface area contributed by atoms with Crippen molar-refractivity contribution in [3.05, 3.63) is 11.9 Å². The Kier molecular flexibility index (Phi) is 3.14. The highest BCUT2D eigenvalue weighted by atomic mass is 16.3. The molecule has 3 N–H and O–H groups in total. The molecule has 5 nitrogen and oxygen atoms in total. The number of anilines is 2. The second kappa shape index (κ2) is 4.02. The number of nitrogen functional groups attached to an aromatic ring is 1. The highest BCUT2D eigenvalue weighted by molar-refractivity contribution is 5.46. The van der Waals surface area contributed by atoms with Gasteiger partial charge in [0.05, 0.1) is 5.60 Å². The summed E-state index contributed by atoms with van der Waals surface area (Å²) in [7, 11) is 1.86. The van der Waals surface area contributed by atoms with Crippen LogP contribution in [0.2, 0.25) is 0 Å². The van der Waals surface area contributed by atoms with Crippen LogP contribution >= 0.6 is 0 Å². The number of hydrogen-bond donors (Lipinski definition) is 2. The molecule has 0 unspecified atom stereocenters. The normalized spacial score (nSPS) is 11.5. The van der Waals surface area contributed by atoms with E-state index in [0.717, 1.165) is 5.82 Å². The third-order valence-electron chi connectivity index (χ3n) is 1.86. The van der Waals surface area contributed by atoms with Crippen LogP contribution < -0.4 is 10.6 Å².